The third-order valence-corrected chi connectivity index (χ3v) is 8.05. The van der Waals surface area contributed by atoms with Gasteiger partial charge in [-0.1, -0.05) is 48.5 Å². The first-order valence-corrected chi connectivity index (χ1v) is 12.8. The van der Waals surface area contributed by atoms with E-state index >= 15 is 0 Å². The van der Waals surface area contributed by atoms with E-state index in [1.54, 1.807) is 42.9 Å². The first-order valence-electron chi connectivity index (χ1n) is 12.8. The van der Waals surface area contributed by atoms with Crippen LogP contribution in [0.25, 0.3) is 0 Å². The number of methoxy groups -OCH3 is 1. The quantitative estimate of drug-likeness (QED) is 0.339. The SMILES string of the molecule is COc1cncc2c1[C@@]1(O)[C@H](O)[C@H](CNCc3cccnc3)[C@@H](c3ccccc3)[C@]1(c1ccc(C#N)cc1)O2. The van der Waals surface area contributed by atoms with E-state index in [-0.39, 0.29) is 0 Å². The van der Waals surface area contributed by atoms with Crippen molar-refractivity contribution in [3.8, 4) is 17.6 Å². The Kier molecular flexibility index (Phi) is 6.28. The lowest BCUT2D eigenvalue weighted by Gasteiger charge is -2.41. The smallest absolute Gasteiger partial charge is 0.177 e. The van der Waals surface area contributed by atoms with Gasteiger partial charge in [-0.25, -0.2) is 0 Å². The molecule has 8 nitrogen and oxygen atoms in total. The van der Waals surface area contributed by atoms with Crippen LogP contribution >= 0.6 is 0 Å². The van der Waals surface area contributed by atoms with Gasteiger partial charge in [-0.2, -0.15) is 5.26 Å². The number of aromatic nitrogens is 2. The molecular weight excluding hydrogens is 492 g/mol. The molecular formula is C31H28N4O4. The fourth-order valence-electron chi connectivity index (χ4n) is 6.44. The number of nitrogens with zero attached hydrogens (tertiary/aromatic N) is 3. The molecule has 3 heterocycles. The topological polar surface area (TPSA) is 121 Å². The monoisotopic (exact) mass is 520 g/mol. The summed E-state index contributed by atoms with van der Waals surface area (Å²) in [5.41, 5.74) is 0.101. The van der Waals surface area contributed by atoms with Crippen molar-refractivity contribution in [1.29, 1.82) is 5.26 Å². The molecule has 5 atom stereocenters. The number of hydrogen-bond donors (Lipinski definition) is 3. The molecule has 1 aliphatic carbocycles. The minimum absolute atomic E-state index is 0.334. The van der Waals surface area contributed by atoms with E-state index in [4.69, 9.17) is 9.47 Å². The largest absolute Gasteiger partial charge is 0.495 e. The van der Waals surface area contributed by atoms with E-state index < -0.39 is 29.1 Å². The second-order valence-electron chi connectivity index (χ2n) is 10.00. The zero-order valence-corrected chi connectivity index (χ0v) is 21.4. The molecule has 0 spiro atoms. The lowest BCUT2D eigenvalue weighted by molar-refractivity contribution is -0.152. The first kappa shape index (κ1) is 25.0. The van der Waals surface area contributed by atoms with Crippen LogP contribution < -0.4 is 14.8 Å². The van der Waals surface area contributed by atoms with Crippen molar-refractivity contribution in [1.82, 2.24) is 15.3 Å². The summed E-state index contributed by atoms with van der Waals surface area (Å²) >= 11 is 0. The molecule has 0 radical (unpaired) electrons. The number of nitriles is 1. The lowest BCUT2D eigenvalue weighted by atomic mass is 9.70. The van der Waals surface area contributed by atoms with Crippen LogP contribution in [0.5, 0.6) is 11.5 Å². The minimum atomic E-state index is -1.88. The van der Waals surface area contributed by atoms with Crippen molar-refractivity contribution in [2.75, 3.05) is 13.7 Å². The maximum Gasteiger partial charge on any atom is 0.177 e. The highest BCUT2D eigenvalue weighted by Crippen LogP contribution is 2.69. The van der Waals surface area contributed by atoms with Gasteiger partial charge < -0.3 is 25.0 Å². The Labute approximate surface area is 226 Å². The Morgan fingerprint density at radius 2 is 1.82 bits per heavy atom. The third kappa shape index (κ3) is 3.70. The number of benzene rings is 2. The molecule has 0 bridgehead atoms. The molecule has 6 rings (SSSR count). The van der Waals surface area contributed by atoms with Crippen LogP contribution in [0.3, 0.4) is 0 Å². The highest BCUT2D eigenvalue weighted by molar-refractivity contribution is 5.59. The average molecular weight is 521 g/mol. The molecule has 196 valence electrons. The van der Waals surface area contributed by atoms with Crippen LogP contribution in [-0.2, 0) is 17.7 Å². The number of nitrogens with one attached hydrogen (secondary N) is 1. The summed E-state index contributed by atoms with van der Waals surface area (Å²) in [6.45, 7) is 0.938. The van der Waals surface area contributed by atoms with Crippen molar-refractivity contribution in [2.24, 2.45) is 5.92 Å². The third-order valence-electron chi connectivity index (χ3n) is 8.05. The molecule has 2 aromatic carbocycles. The van der Waals surface area contributed by atoms with Crippen molar-refractivity contribution < 1.29 is 19.7 Å². The van der Waals surface area contributed by atoms with E-state index in [9.17, 15) is 15.5 Å². The Balaban J connectivity index is 1.54. The standard InChI is InChI=1S/C31H28N4O4/c1-38-25-18-35-19-26-28(25)30(37)29(36)24(17-34-16-21-6-5-13-33-15-21)27(22-7-3-2-4-8-22)31(30,39-26)23-11-9-20(14-32)10-12-23/h2-13,15,18-19,24,27,29,34,36-37H,16-17H2,1H3/t24-,27-,29-,30-,31+/m1/s1. The maximum absolute atomic E-state index is 12.8. The number of aliphatic hydroxyl groups excluding tert-OH is 1. The minimum Gasteiger partial charge on any atom is -0.495 e. The van der Waals surface area contributed by atoms with Crippen LogP contribution in [0.15, 0.2) is 91.5 Å². The van der Waals surface area contributed by atoms with Gasteiger partial charge in [0.15, 0.2) is 11.2 Å². The number of aliphatic hydroxyl groups is 2. The lowest BCUT2D eigenvalue weighted by Crippen LogP contribution is -2.52. The van der Waals surface area contributed by atoms with E-state index in [0.29, 0.717) is 41.3 Å². The van der Waals surface area contributed by atoms with Crippen molar-refractivity contribution in [2.45, 2.75) is 29.8 Å². The van der Waals surface area contributed by atoms with Crippen LogP contribution in [0.1, 0.15) is 33.7 Å². The highest BCUT2D eigenvalue weighted by atomic mass is 16.5. The van der Waals surface area contributed by atoms with E-state index in [1.165, 1.54) is 13.3 Å². The summed E-state index contributed by atoms with van der Waals surface area (Å²) < 4.78 is 12.4. The molecule has 2 aromatic heterocycles. The predicted molar refractivity (Wildman–Crippen MR) is 143 cm³/mol. The number of rotatable bonds is 7. The summed E-state index contributed by atoms with van der Waals surface area (Å²) in [5.74, 6) is -0.260. The summed E-state index contributed by atoms with van der Waals surface area (Å²) in [4.78, 5) is 8.45. The fraction of sp³-hybridized carbons (Fsp3) is 0.258. The molecule has 1 aliphatic heterocycles. The number of ether oxygens (including phenoxy) is 2. The second kappa shape index (κ2) is 9.79. The zero-order chi connectivity index (χ0) is 27.0. The average Bonchev–Trinajstić information content (AvgIpc) is 3.36. The Hall–Kier alpha value is -4.29. The van der Waals surface area contributed by atoms with Gasteiger partial charge in [0.25, 0.3) is 0 Å². The molecule has 8 heteroatoms. The number of fused-ring (bicyclic) bond motifs is 3. The molecule has 1 fully saturated rings. The molecule has 1 saturated carbocycles. The van der Waals surface area contributed by atoms with Gasteiger partial charge in [0, 0.05) is 37.3 Å². The van der Waals surface area contributed by atoms with Gasteiger partial charge >= 0.3 is 0 Å². The summed E-state index contributed by atoms with van der Waals surface area (Å²) in [7, 11) is 1.51. The number of pyridine rings is 2. The molecule has 2 aliphatic rings. The van der Waals surface area contributed by atoms with Crippen LogP contribution in [0, 0.1) is 17.2 Å². The highest BCUT2D eigenvalue weighted by Gasteiger charge is 2.76. The first-order chi connectivity index (χ1) is 19.0. The van der Waals surface area contributed by atoms with E-state index in [1.807, 2.05) is 42.5 Å². The maximum atomic E-state index is 12.8. The van der Waals surface area contributed by atoms with Gasteiger partial charge in [0.2, 0.25) is 0 Å². The van der Waals surface area contributed by atoms with E-state index in [0.717, 1.165) is 11.1 Å². The van der Waals surface area contributed by atoms with Crippen LogP contribution in [0.4, 0.5) is 0 Å². The van der Waals surface area contributed by atoms with Gasteiger partial charge in [-0.05, 0) is 34.9 Å². The normalized spacial score (nSPS) is 26.8. The fourth-order valence-corrected chi connectivity index (χ4v) is 6.44. The molecule has 39 heavy (non-hydrogen) atoms. The van der Waals surface area contributed by atoms with Gasteiger partial charge in [-0.15, -0.1) is 0 Å². The summed E-state index contributed by atoms with van der Waals surface area (Å²) in [6, 6.07) is 22.8. The molecule has 0 saturated heterocycles. The van der Waals surface area contributed by atoms with Gasteiger partial charge in [0.05, 0.1) is 42.8 Å². The van der Waals surface area contributed by atoms with Crippen LogP contribution in [0.2, 0.25) is 0 Å². The van der Waals surface area contributed by atoms with Crippen molar-refractivity contribution >= 4 is 0 Å². The van der Waals surface area contributed by atoms with Crippen molar-refractivity contribution in [3.63, 3.8) is 0 Å². The molecule has 3 N–H and O–H groups in total. The van der Waals surface area contributed by atoms with Gasteiger partial charge in [-0.3, -0.25) is 9.97 Å². The van der Waals surface area contributed by atoms with E-state index in [2.05, 4.69) is 21.4 Å². The predicted octanol–water partition coefficient (Wildman–Crippen LogP) is 3.40. The molecule has 0 amide bonds. The Morgan fingerprint density at radius 3 is 2.51 bits per heavy atom. The van der Waals surface area contributed by atoms with Crippen molar-refractivity contribution in [3.05, 3.63) is 119 Å². The number of hydrogen-bond acceptors (Lipinski definition) is 8. The molecule has 0 unspecified atom stereocenters. The van der Waals surface area contributed by atoms with Crippen LogP contribution in [-0.4, -0.2) is 39.9 Å². The summed E-state index contributed by atoms with van der Waals surface area (Å²) in [5, 5.41) is 37.9. The second-order valence-corrected chi connectivity index (χ2v) is 10.00. The Morgan fingerprint density at radius 1 is 1.03 bits per heavy atom. The van der Waals surface area contributed by atoms with Gasteiger partial charge in [0.1, 0.15) is 11.5 Å². The molecule has 4 aromatic rings. The zero-order valence-electron chi connectivity index (χ0n) is 21.4. The summed E-state index contributed by atoms with van der Waals surface area (Å²) in [6.07, 6.45) is 5.35. The Bertz CT molecular complexity index is 1510.